The first kappa shape index (κ1) is 18.4. The molecule has 2 rings (SSSR count). The first-order chi connectivity index (χ1) is 11.3. The zero-order valence-corrected chi connectivity index (χ0v) is 14.7. The second-order valence-electron chi connectivity index (χ2n) is 5.98. The molecular formula is C16H23N3O4S. The van der Waals surface area contributed by atoms with Gasteiger partial charge in [-0.1, -0.05) is 18.6 Å². The Labute approximate surface area is 142 Å². The number of amides is 2. The molecule has 1 aliphatic heterocycles. The third-order valence-corrected chi connectivity index (χ3v) is 5.21. The van der Waals surface area contributed by atoms with Gasteiger partial charge in [0, 0.05) is 25.7 Å². The molecule has 8 heteroatoms. The Balaban J connectivity index is 1.95. The number of benzene rings is 1. The predicted octanol–water partition coefficient (Wildman–Crippen LogP) is 1.08. The second-order valence-corrected chi connectivity index (χ2v) is 7.92. The number of anilines is 1. The lowest BCUT2D eigenvalue weighted by molar-refractivity contribution is -0.125. The van der Waals surface area contributed by atoms with Crippen LogP contribution >= 0.6 is 0 Å². The van der Waals surface area contributed by atoms with E-state index in [-0.39, 0.29) is 11.8 Å². The Kier molecular flexibility index (Phi) is 5.95. The number of hydrogen-bond acceptors (Lipinski definition) is 4. The fourth-order valence-electron chi connectivity index (χ4n) is 2.78. The summed E-state index contributed by atoms with van der Waals surface area (Å²) in [6, 6.07) is 6.49. The highest BCUT2D eigenvalue weighted by Gasteiger charge is 2.34. The van der Waals surface area contributed by atoms with Gasteiger partial charge < -0.3 is 10.6 Å². The standard InChI is InChI=1S/C16H23N3O4S/c1-12(20)18-14-8-6-13(7-9-14)11-17-16(21)15-5-3-4-10-19(15)24(2,22)23/h6-9,15H,3-5,10-11H2,1-2H3,(H,17,21)(H,18,20). The monoisotopic (exact) mass is 353 g/mol. The zero-order chi connectivity index (χ0) is 17.7. The van der Waals surface area contributed by atoms with E-state index in [0.717, 1.165) is 24.7 Å². The lowest BCUT2D eigenvalue weighted by Gasteiger charge is -2.32. The summed E-state index contributed by atoms with van der Waals surface area (Å²) >= 11 is 0. The van der Waals surface area contributed by atoms with Crippen LogP contribution in [0.15, 0.2) is 24.3 Å². The summed E-state index contributed by atoms with van der Waals surface area (Å²) in [7, 11) is -3.39. The first-order valence-electron chi connectivity index (χ1n) is 7.88. The maximum atomic E-state index is 12.4. The van der Waals surface area contributed by atoms with Gasteiger partial charge in [-0.2, -0.15) is 4.31 Å². The Morgan fingerprint density at radius 2 is 1.88 bits per heavy atom. The third kappa shape index (κ3) is 5.04. The first-order valence-corrected chi connectivity index (χ1v) is 9.73. The molecule has 132 valence electrons. The van der Waals surface area contributed by atoms with E-state index >= 15 is 0 Å². The molecule has 0 aromatic heterocycles. The van der Waals surface area contributed by atoms with Crippen molar-refractivity contribution in [3.63, 3.8) is 0 Å². The van der Waals surface area contributed by atoms with E-state index in [2.05, 4.69) is 10.6 Å². The van der Waals surface area contributed by atoms with E-state index in [1.54, 1.807) is 24.3 Å². The molecule has 7 nitrogen and oxygen atoms in total. The maximum absolute atomic E-state index is 12.4. The zero-order valence-electron chi connectivity index (χ0n) is 13.9. The minimum Gasteiger partial charge on any atom is -0.351 e. The van der Waals surface area contributed by atoms with Crippen LogP contribution in [0.4, 0.5) is 5.69 Å². The van der Waals surface area contributed by atoms with Crippen LogP contribution in [0, 0.1) is 0 Å². The number of sulfonamides is 1. The number of nitrogens with one attached hydrogen (secondary N) is 2. The van der Waals surface area contributed by atoms with Gasteiger partial charge in [-0.15, -0.1) is 0 Å². The quantitative estimate of drug-likeness (QED) is 0.828. The molecule has 1 fully saturated rings. The van der Waals surface area contributed by atoms with Crippen molar-refractivity contribution in [2.75, 3.05) is 18.1 Å². The molecule has 0 saturated carbocycles. The smallest absolute Gasteiger partial charge is 0.238 e. The number of rotatable bonds is 5. The lowest BCUT2D eigenvalue weighted by atomic mass is 10.0. The molecular weight excluding hydrogens is 330 g/mol. The highest BCUT2D eigenvalue weighted by molar-refractivity contribution is 7.88. The summed E-state index contributed by atoms with van der Waals surface area (Å²) < 4.78 is 24.9. The molecule has 0 bridgehead atoms. The van der Waals surface area contributed by atoms with E-state index in [1.807, 2.05) is 0 Å². The minimum atomic E-state index is -3.39. The van der Waals surface area contributed by atoms with E-state index in [1.165, 1.54) is 11.2 Å². The SMILES string of the molecule is CC(=O)Nc1ccc(CNC(=O)C2CCCCN2S(C)(=O)=O)cc1. The van der Waals surface area contributed by atoms with Gasteiger partial charge in [0.25, 0.3) is 0 Å². The van der Waals surface area contributed by atoms with Gasteiger partial charge in [-0.05, 0) is 30.5 Å². The Morgan fingerprint density at radius 3 is 2.46 bits per heavy atom. The maximum Gasteiger partial charge on any atom is 0.238 e. The topological polar surface area (TPSA) is 95.6 Å². The van der Waals surface area contributed by atoms with Crippen LogP contribution in [0.3, 0.4) is 0 Å². The summed E-state index contributed by atoms with van der Waals surface area (Å²) in [5.41, 5.74) is 1.56. The molecule has 1 saturated heterocycles. The molecule has 1 heterocycles. The van der Waals surface area contributed by atoms with Crippen molar-refractivity contribution < 1.29 is 18.0 Å². The average molecular weight is 353 g/mol. The van der Waals surface area contributed by atoms with Crippen molar-refractivity contribution >= 4 is 27.5 Å². The molecule has 1 aromatic carbocycles. The van der Waals surface area contributed by atoms with Crippen LogP contribution in [0.2, 0.25) is 0 Å². The molecule has 2 amide bonds. The van der Waals surface area contributed by atoms with Crippen molar-refractivity contribution in [2.45, 2.75) is 38.8 Å². The number of carbonyl (C=O) groups excluding carboxylic acids is 2. The largest absolute Gasteiger partial charge is 0.351 e. The highest BCUT2D eigenvalue weighted by atomic mass is 32.2. The molecule has 1 unspecified atom stereocenters. The van der Waals surface area contributed by atoms with Gasteiger partial charge in [0.15, 0.2) is 0 Å². The Morgan fingerprint density at radius 1 is 1.21 bits per heavy atom. The van der Waals surface area contributed by atoms with E-state index < -0.39 is 16.1 Å². The van der Waals surface area contributed by atoms with Crippen LogP contribution < -0.4 is 10.6 Å². The Bertz CT molecular complexity index is 701. The molecule has 2 N–H and O–H groups in total. The van der Waals surface area contributed by atoms with Gasteiger partial charge >= 0.3 is 0 Å². The normalized spacial score (nSPS) is 18.8. The second kappa shape index (κ2) is 7.76. The van der Waals surface area contributed by atoms with E-state index in [0.29, 0.717) is 25.2 Å². The fraction of sp³-hybridized carbons (Fsp3) is 0.500. The van der Waals surface area contributed by atoms with Crippen LogP contribution in [0.25, 0.3) is 0 Å². The number of nitrogens with zero attached hydrogens (tertiary/aromatic N) is 1. The van der Waals surface area contributed by atoms with Crippen molar-refractivity contribution in [3.05, 3.63) is 29.8 Å². The molecule has 0 radical (unpaired) electrons. The average Bonchev–Trinajstić information content (AvgIpc) is 2.52. The summed E-state index contributed by atoms with van der Waals surface area (Å²) in [5, 5.41) is 5.47. The van der Waals surface area contributed by atoms with Crippen LogP contribution in [-0.4, -0.2) is 43.4 Å². The van der Waals surface area contributed by atoms with Gasteiger partial charge in [-0.25, -0.2) is 8.42 Å². The highest BCUT2D eigenvalue weighted by Crippen LogP contribution is 2.20. The summed E-state index contributed by atoms with van der Waals surface area (Å²) in [4.78, 5) is 23.3. The van der Waals surface area contributed by atoms with Gasteiger partial charge in [-0.3, -0.25) is 9.59 Å². The predicted molar refractivity (Wildman–Crippen MR) is 91.8 cm³/mol. The van der Waals surface area contributed by atoms with Gasteiger partial charge in [0.1, 0.15) is 6.04 Å². The number of hydrogen-bond donors (Lipinski definition) is 2. The van der Waals surface area contributed by atoms with Crippen molar-refractivity contribution in [3.8, 4) is 0 Å². The molecule has 1 atom stereocenters. The van der Waals surface area contributed by atoms with Crippen LogP contribution in [0.5, 0.6) is 0 Å². The van der Waals surface area contributed by atoms with Crippen molar-refractivity contribution in [1.82, 2.24) is 9.62 Å². The lowest BCUT2D eigenvalue weighted by Crippen LogP contribution is -2.51. The summed E-state index contributed by atoms with van der Waals surface area (Å²) in [6.07, 6.45) is 3.30. The molecule has 0 aliphatic carbocycles. The fourth-order valence-corrected chi connectivity index (χ4v) is 3.90. The van der Waals surface area contributed by atoms with Crippen molar-refractivity contribution in [2.24, 2.45) is 0 Å². The number of piperidine rings is 1. The van der Waals surface area contributed by atoms with E-state index in [9.17, 15) is 18.0 Å². The van der Waals surface area contributed by atoms with Gasteiger partial charge in [0.05, 0.1) is 6.26 Å². The molecule has 1 aliphatic rings. The summed E-state index contributed by atoms with van der Waals surface area (Å²) in [5.74, 6) is -0.416. The van der Waals surface area contributed by atoms with Crippen LogP contribution in [-0.2, 0) is 26.2 Å². The van der Waals surface area contributed by atoms with Gasteiger partial charge in [0.2, 0.25) is 21.8 Å². The van der Waals surface area contributed by atoms with E-state index in [4.69, 9.17) is 0 Å². The molecule has 1 aromatic rings. The van der Waals surface area contributed by atoms with Crippen molar-refractivity contribution in [1.29, 1.82) is 0 Å². The molecule has 0 spiro atoms. The van der Waals surface area contributed by atoms with Crippen LogP contribution in [0.1, 0.15) is 31.7 Å². The third-order valence-electron chi connectivity index (χ3n) is 3.92. The summed E-state index contributed by atoms with van der Waals surface area (Å²) in [6.45, 7) is 2.14. The Hall–Kier alpha value is -1.93. The molecule has 24 heavy (non-hydrogen) atoms. The minimum absolute atomic E-state index is 0.144. The number of carbonyl (C=O) groups is 2.